The number of ether oxygens (including phenoxy) is 3. The number of benzene rings is 1. The second-order valence-corrected chi connectivity index (χ2v) is 6.81. The lowest BCUT2D eigenvalue weighted by molar-refractivity contribution is -0.143. The number of nitrogens with zero attached hydrogens (tertiary/aromatic N) is 1. The third-order valence-corrected chi connectivity index (χ3v) is 4.88. The van der Waals surface area contributed by atoms with Crippen molar-refractivity contribution in [1.29, 1.82) is 0 Å². The molecule has 27 heavy (non-hydrogen) atoms. The molecule has 7 nitrogen and oxygen atoms in total. The first-order chi connectivity index (χ1) is 12.9. The highest BCUT2D eigenvalue weighted by Gasteiger charge is 2.37. The molecule has 8 heteroatoms. The Bertz CT molecular complexity index is 761. The van der Waals surface area contributed by atoms with Crippen LogP contribution in [-0.2, 0) is 14.3 Å². The molecule has 0 saturated carbocycles. The van der Waals surface area contributed by atoms with Crippen molar-refractivity contribution in [3.63, 3.8) is 0 Å². The smallest absolute Gasteiger partial charge is 0.343 e. The Morgan fingerprint density at radius 2 is 1.96 bits per heavy atom. The van der Waals surface area contributed by atoms with E-state index >= 15 is 0 Å². The van der Waals surface area contributed by atoms with E-state index in [1.165, 1.54) is 12.0 Å². The van der Waals surface area contributed by atoms with E-state index in [1.54, 1.807) is 24.3 Å². The number of amides is 2. The van der Waals surface area contributed by atoms with Crippen LogP contribution >= 0.6 is 11.8 Å². The molecule has 1 aliphatic heterocycles. The molecule has 1 fully saturated rings. The average molecular weight is 393 g/mol. The van der Waals surface area contributed by atoms with Gasteiger partial charge in [0.2, 0.25) is 0 Å². The maximum atomic E-state index is 12.5. The lowest BCUT2D eigenvalue weighted by Gasteiger charge is -2.19. The van der Waals surface area contributed by atoms with Gasteiger partial charge in [-0.2, -0.15) is 0 Å². The van der Waals surface area contributed by atoms with Gasteiger partial charge in [0, 0.05) is 6.04 Å². The predicted octanol–water partition coefficient (Wildman–Crippen LogP) is 3.47. The maximum absolute atomic E-state index is 12.5. The zero-order valence-electron chi connectivity index (χ0n) is 15.8. The first-order valence-corrected chi connectivity index (χ1v) is 9.46. The van der Waals surface area contributed by atoms with Crippen LogP contribution in [0.25, 0.3) is 6.08 Å². The first-order valence-electron chi connectivity index (χ1n) is 8.64. The molecule has 146 valence electrons. The Morgan fingerprint density at radius 3 is 2.59 bits per heavy atom. The van der Waals surface area contributed by atoms with Gasteiger partial charge in [-0.05, 0) is 55.8 Å². The number of hydrogen-bond acceptors (Lipinski definition) is 7. The van der Waals surface area contributed by atoms with Gasteiger partial charge in [0.15, 0.2) is 18.1 Å². The van der Waals surface area contributed by atoms with Crippen LogP contribution in [0, 0.1) is 0 Å². The van der Waals surface area contributed by atoms with E-state index < -0.39 is 5.97 Å². The minimum absolute atomic E-state index is 0.142. The first kappa shape index (κ1) is 20.8. The summed E-state index contributed by atoms with van der Waals surface area (Å²) in [7, 11) is 1.28. The van der Waals surface area contributed by atoms with Crippen LogP contribution in [0.3, 0.4) is 0 Å². The van der Waals surface area contributed by atoms with Gasteiger partial charge >= 0.3 is 5.97 Å². The number of esters is 1. The minimum atomic E-state index is -0.500. The molecule has 1 saturated heterocycles. The van der Waals surface area contributed by atoms with Gasteiger partial charge < -0.3 is 14.2 Å². The zero-order valence-corrected chi connectivity index (χ0v) is 16.6. The summed E-state index contributed by atoms with van der Waals surface area (Å²) in [5.41, 5.74) is 0.693. The lowest BCUT2D eigenvalue weighted by atomic mass is 10.1. The Kier molecular flexibility index (Phi) is 7.29. The number of imide groups is 1. The summed E-state index contributed by atoms with van der Waals surface area (Å²) < 4.78 is 15.5. The van der Waals surface area contributed by atoms with E-state index in [0.717, 1.165) is 11.8 Å². The van der Waals surface area contributed by atoms with Gasteiger partial charge in [-0.25, -0.2) is 4.79 Å². The largest absolute Gasteiger partial charge is 0.490 e. The monoisotopic (exact) mass is 393 g/mol. The molecular weight excluding hydrogens is 370 g/mol. The van der Waals surface area contributed by atoms with E-state index in [1.807, 2.05) is 20.8 Å². The van der Waals surface area contributed by atoms with Gasteiger partial charge in [-0.1, -0.05) is 13.0 Å². The van der Waals surface area contributed by atoms with E-state index in [-0.39, 0.29) is 23.8 Å². The summed E-state index contributed by atoms with van der Waals surface area (Å²) in [4.78, 5) is 37.5. The summed E-state index contributed by atoms with van der Waals surface area (Å²) in [5, 5.41) is -0.260. The third kappa shape index (κ3) is 5.03. The molecule has 0 spiro atoms. The van der Waals surface area contributed by atoms with Gasteiger partial charge in [-0.15, -0.1) is 0 Å². The number of carbonyl (C=O) groups is 3. The van der Waals surface area contributed by atoms with Crippen molar-refractivity contribution in [3.8, 4) is 11.5 Å². The van der Waals surface area contributed by atoms with Crippen LogP contribution in [0.4, 0.5) is 4.79 Å². The normalized spacial score (nSPS) is 16.6. The number of rotatable bonds is 8. The van der Waals surface area contributed by atoms with Gasteiger partial charge in [0.05, 0.1) is 18.6 Å². The summed E-state index contributed by atoms with van der Waals surface area (Å²) in [6.07, 6.45) is 2.35. The molecule has 0 N–H and O–H groups in total. The lowest BCUT2D eigenvalue weighted by Crippen LogP contribution is -2.36. The molecule has 0 unspecified atom stereocenters. The van der Waals surface area contributed by atoms with Crippen molar-refractivity contribution in [3.05, 3.63) is 28.7 Å². The Balaban J connectivity index is 2.24. The Labute approximate surface area is 162 Å². The molecule has 1 aromatic rings. The third-order valence-electron chi connectivity index (χ3n) is 3.99. The highest BCUT2D eigenvalue weighted by atomic mass is 32.2. The van der Waals surface area contributed by atoms with E-state index in [4.69, 9.17) is 9.47 Å². The molecule has 1 aromatic carbocycles. The molecule has 2 amide bonds. The van der Waals surface area contributed by atoms with Crippen LogP contribution in [0.1, 0.15) is 32.8 Å². The van der Waals surface area contributed by atoms with Crippen molar-refractivity contribution in [2.24, 2.45) is 0 Å². The fraction of sp³-hybridized carbons (Fsp3) is 0.421. The Morgan fingerprint density at radius 1 is 1.22 bits per heavy atom. The molecule has 0 aromatic heterocycles. The second-order valence-electron chi connectivity index (χ2n) is 5.81. The van der Waals surface area contributed by atoms with Crippen molar-refractivity contribution >= 4 is 35.0 Å². The molecule has 0 bridgehead atoms. The van der Waals surface area contributed by atoms with Crippen molar-refractivity contribution < 1.29 is 28.6 Å². The van der Waals surface area contributed by atoms with Crippen molar-refractivity contribution in [1.82, 2.24) is 4.90 Å². The SMILES string of the molecule is CCOc1cc(/C=C2\SC(=O)N([C@H](C)CC)C2=O)ccc1OCC(=O)OC. The van der Waals surface area contributed by atoms with Crippen LogP contribution in [0.15, 0.2) is 23.1 Å². The summed E-state index contributed by atoms with van der Waals surface area (Å²) in [5.74, 6) is 0.0481. The van der Waals surface area contributed by atoms with E-state index in [2.05, 4.69) is 4.74 Å². The van der Waals surface area contributed by atoms with Crippen molar-refractivity contribution in [2.75, 3.05) is 20.3 Å². The van der Waals surface area contributed by atoms with Crippen LogP contribution in [0.5, 0.6) is 11.5 Å². The van der Waals surface area contributed by atoms with E-state index in [9.17, 15) is 14.4 Å². The summed E-state index contributed by atoms with van der Waals surface area (Å²) >= 11 is 0.926. The Hall–Kier alpha value is -2.48. The van der Waals surface area contributed by atoms with Gasteiger partial charge in [0.25, 0.3) is 11.1 Å². The van der Waals surface area contributed by atoms with Gasteiger partial charge in [-0.3, -0.25) is 14.5 Å². The highest BCUT2D eigenvalue weighted by molar-refractivity contribution is 8.18. The second kappa shape index (κ2) is 9.45. The minimum Gasteiger partial charge on any atom is -0.490 e. The molecule has 1 heterocycles. The molecule has 0 radical (unpaired) electrons. The predicted molar refractivity (Wildman–Crippen MR) is 103 cm³/mol. The number of methoxy groups -OCH3 is 1. The van der Waals surface area contributed by atoms with Crippen LogP contribution in [-0.4, -0.2) is 48.4 Å². The van der Waals surface area contributed by atoms with Crippen molar-refractivity contribution in [2.45, 2.75) is 33.2 Å². The molecule has 0 aliphatic carbocycles. The maximum Gasteiger partial charge on any atom is 0.343 e. The molecule has 1 atom stereocenters. The van der Waals surface area contributed by atoms with Crippen LogP contribution in [0.2, 0.25) is 0 Å². The fourth-order valence-corrected chi connectivity index (χ4v) is 3.32. The summed E-state index contributed by atoms with van der Waals surface area (Å²) in [6, 6.07) is 4.94. The number of thioether (sulfide) groups is 1. The fourth-order valence-electron chi connectivity index (χ4n) is 2.39. The quantitative estimate of drug-likeness (QED) is 0.494. The zero-order chi connectivity index (χ0) is 20.0. The molecule has 2 rings (SSSR count). The summed E-state index contributed by atoms with van der Waals surface area (Å²) in [6.45, 7) is 5.78. The van der Waals surface area contributed by atoms with Crippen LogP contribution < -0.4 is 9.47 Å². The number of carbonyl (C=O) groups excluding carboxylic acids is 3. The molecular formula is C19H23NO6S. The molecule has 1 aliphatic rings. The van der Waals surface area contributed by atoms with Gasteiger partial charge in [0.1, 0.15) is 0 Å². The average Bonchev–Trinajstić information content (AvgIpc) is 2.93. The standard InChI is InChI=1S/C19H23NO6S/c1-5-12(3)20-18(22)16(27-19(20)23)10-13-7-8-14(15(9-13)25-6-2)26-11-17(21)24-4/h7-10,12H,5-6,11H2,1-4H3/b16-10-/t12-/m1/s1. The highest BCUT2D eigenvalue weighted by Crippen LogP contribution is 2.36. The topological polar surface area (TPSA) is 82.1 Å². The van der Waals surface area contributed by atoms with E-state index in [0.29, 0.717) is 35.0 Å². The number of hydrogen-bond donors (Lipinski definition) is 0.